The highest BCUT2D eigenvalue weighted by Gasteiger charge is 2.27. The molecule has 0 radical (unpaired) electrons. The molecule has 11 heteroatoms. The third-order valence-corrected chi connectivity index (χ3v) is 8.70. The molecule has 3 heterocycles. The fraction of sp³-hybridized carbons (Fsp3) is 0.389. The van der Waals surface area contributed by atoms with E-state index in [1.165, 1.54) is 5.56 Å². The monoisotopic (exact) mass is 640 g/mol. The van der Waals surface area contributed by atoms with Crippen LogP contribution in [0.3, 0.4) is 0 Å². The van der Waals surface area contributed by atoms with Crippen LogP contribution in [0.4, 0.5) is 4.39 Å². The fourth-order valence-electron chi connectivity index (χ4n) is 6.53. The molecule has 0 bridgehead atoms. The van der Waals surface area contributed by atoms with Crippen molar-refractivity contribution in [1.82, 2.24) is 31.0 Å². The van der Waals surface area contributed by atoms with Gasteiger partial charge in [-0.15, -0.1) is 0 Å². The number of carbonyl (C=O) groups is 2. The Balaban J connectivity index is 1.06. The first-order chi connectivity index (χ1) is 22.7. The Hall–Kier alpha value is -4.61. The van der Waals surface area contributed by atoms with E-state index in [-0.39, 0.29) is 35.1 Å². The Labute approximate surface area is 274 Å². The number of ether oxygens (including phenoxy) is 1. The molecule has 3 N–H and O–H groups in total. The lowest BCUT2D eigenvalue weighted by atomic mass is 9.91. The van der Waals surface area contributed by atoms with E-state index in [0.717, 1.165) is 43.0 Å². The number of carbonyl (C=O) groups excluding carboxylic acids is 2. The Morgan fingerprint density at radius 1 is 0.936 bits per heavy atom. The van der Waals surface area contributed by atoms with Crippen molar-refractivity contribution in [3.63, 3.8) is 0 Å². The molecule has 2 aliphatic rings. The van der Waals surface area contributed by atoms with Crippen molar-refractivity contribution in [3.05, 3.63) is 95.3 Å². The first-order valence-electron chi connectivity index (χ1n) is 16.2. The van der Waals surface area contributed by atoms with Crippen LogP contribution in [0.1, 0.15) is 71.7 Å². The van der Waals surface area contributed by atoms with Gasteiger partial charge < -0.3 is 25.2 Å². The van der Waals surface area contributed by atoms with Gasteiger partial charge in [-0.1, -0.05) is 41.6 Å². The summed E-state index contributed by atoms with van der Waals surface area (Å²) in [6.07, 6.45) is 3.71. The number of piperazine rings is 1. The summed E-state index contributed by atoms with van der Waals surface area (Å²) in [5.41, 5.74) is 3.52. The van der Waals surface area contributed by atoms with E-state index in [1.807, 2.05) is 18.2 Å². The largest absolute Gasteiger partial charge is 0.438 e. The zero-order valence-corrected chi connectivity index (χ0v) is 27.0. The number of nitrogens with one attached hydrogen (secondary N) is 3. The summed E-state index contributed by atoms with van der Waals surface area (Å²) in [5.74, 6) is -0.284. The van der Waals surface area contributed by atoms with Gasteiger partial charge in [0, 0.05) is 49.9 Å². The summed E-state index contributed by atoms with van der Waals surface area (Å²) in [6.45, 7) is 9.12. The minimum atomic E-state index is -0.629. The molecule has 1 saturated heterocycles. The van der Waals surface area contributed by atoms with Crippen molar-refractivity contribution in [2.45, 2.75) is 77.2 Å². The molecular formula is C36H41FN6O4. The maximum Gasteiger partial charge on any atom is 0.273 e. The first kappa shape index (κ1) is 32.3. The third kappa shape index (κ3) is 8.41. The molecule has 0 unspecified atom stereocenters. The van der Waals surface area contributed by atoms with Gasteiger partial charge in [0.1, 0.15) is 22.9 Å². The number of aromatic nitrogens is 2. The van der Waals surface area contributed by atoms with Gasteiger partial charge in [0.2, 0.25) is 5.88 Å². The van der Waals surface area contributed by atoms with E-state index in [0.29, 0.717) is 49.3 Å². The molecule has 2 aromatic carbocycles. The van der Waals surface area contributed by atoms with Gasteiger partial charge >= 0.3 is 0 Å². The highest BCUT2D eigenvalue weighted by molar-refractivity contribution is 5.96. The lowest BCUT2D eigenvalue weighted by Gasteiger charge is -2.36. The number of nitrogens with zero attached hydrogens (tertiary/aromatic N) is 3. The Bertz CT molecular complexity index is 1690. The van der Waals surface area contributed by atoms with E-state index in [4.69, 9.17) is 9.26 Å². The van der Waals surface area contributed by atoms with Crippen LogP contribution in [0.5, 0.6) is 11.6 Å². The predicted octanol–water partition coefficient (Wildman–Crippen LogP) is 5.63. The molecule has 1 saturated carbocycles. The van der Waals surface area contributed by atoms with Gasteiger partial charge in [0.15, 0.2) is 5.69 Å². The van der Waals surface area contributed by atoms with Crippen molar-refractivity contribution in [1.29, 1.82) is 0 Å². The minimum absolute atomic E-state index is 0.0214. The highest BCUT2D eigenvalue weighted by Crippen LogP contribution is 2.29. The summed E-state index contributed by atoms with van der Waals surface area (Å²) in [6, 6.07) is 19.6. The van der Waals surface area contributed by atoms with Crippen LogP contribution in [-0.2, 0) is 6.54 Å². The standard InChI is InChI=1S/C36H41FN6O4/c1-22-19-43(20-23(2)39-22)21-25-7-9-26(10-8-25)27-5-4-6-31(16-27)46-36-32(17-28(37)18-38-36)34(44)40-29-11-13-30(14-12-29)41-35(45)33-15-24(3)47-42-33/h4-10,15-18,22-23,29-30,39H,11-14,19-21H2,1-3H3,(H,40,44)(H,41,45)/t22-,23+,29-,30-. The van der Waals surface area contributed by atoms with Crippen LogP contribution in [-0.4, -0.2) is 64.1 Å². The molecule has 0 spiro atoms. The number of benzene rings is 2. The Kier molecular flexibility index (Phi) is 9.93. The van der Waals surface area contributed by atoms with Crippen LogP contribution in [0.25, 0.3) is 11.1 Å². The van der Waals surface area contributed by atoms with Crippen molar-refractivity contribution < 1.29 is 23.2 Å². The van der Waals surface area contributed by atoms with Gasteiger partial charge in [-0.05, 0) is 81.3 Å². The van der Waals surface area contributed by atoms with E-state index in [9.17, 15) is 14.0 Å². The molecule has 246 valence electrons. The molecule has 1 aliphatic carbocycles. The quantitative estimate of drug-likeness (QED) is 0.215. The number of hydrogen-bond donors (Lipinski definition) is 3. The van der Waals surface area contributed by atoms with Crippen molar-refractivity contribution >= 4 is 11.8 Å². The minimum Gasteiger partial charge on any atom is -0.438 e. The van der Waals surface area contributed by atoms with Crippen LogP contribution in [0.15, 0.2) is 71.4 Å². The van der Waals surface area contributed by atoms with Crippen LogP contribution >= 0.6 is 0 Å². The number of aryl methyl sites for hydroxylation is 1. The molecular weight excluding hydrogens is 599 g/mol. The first-order valence-corrected chi connectivity index (χ1v) is 16.2. The van der Waals surface area contributed by atoms with E-state index < -0.39 is 11.7 Å². The molecule has 4 aromatic rings. The third-order valence-electron chi connectivity index (χ3n) is 8.70. The second-order valence-electron chi connectivity index (χ2n) is 12.8. The van der Waals surface area contributed by atoms with Gasteiger partial charge in [0.05, 0.1) is 6.20 Å². The molecule has 6 rings (SSSR count). The summed E-state index contributed by atoms with van der Waals surface area (Å²) < 4.78 is 25.3. The average molecular weight is 641 g/mol. The number of amides is 2. The average Bonchev–Trinajstić information content (AvgIpc) is 3.49. The van der Waals surface area contributed by atoms with Gasteiger partial charge in [-0.3, -0.25) is 14.5 Å². The zero-order valence-electron chi connectivity index (χ0n) is 27.0. The predicted molar refractivity (Wildman–Crippen MR) is 176 cm³/mol. The summed E-state index contributed by atoms with van der Waals surface area (Å²) in [5, 5.41) is 13.3. The van der Waals surface area contributed by atoms with Crippen LogP contribution < -0.4 is 20.7 Å². The Morgan fingerprint density at radius 2 is 1.62 bits per heavy atom. The molecule has 2 aromatic heterocycles. The van der Waals surface area contributed by atoms with Crippen LogP contribution in [0, 0.1) is 12.7 Å². The maximum absolute atomic E-state index is 14.3. The lowest BCUT2D eigenvalue weighted by molar-refractivity contribution is 0.0885. The van der Waals surface area contributed by atoms with Crippen LogP contribution in [0.2, 0.25) is 0 Å². The lowest BCUT2D eigenvalue weighted by Crippen LogP contribution is -2.53. The molecule has 2 fully saturated rings. The molecule has 2 atom stereocenters. The summed E-state index contributed by atoms with van der Waals surface area (Å²) >= 11 is 0. The van der Waals surface area contributed by atoms with Gasteiger partial charge in [-0.25, -0.2) is 9.37 Å². The number of pyridine rings is 1. The number of halogens is 1. The summed E-state index contributed by atoms with van der Waals surface area (Å²) in [4.78, 5) is 32.3. The van der Waals surface area contributed by atoms with E-state index in [1.54, 1.807) is 19.1 Å². The normalized spacial score (nSPS) is 21.6. The van der Waals surface area contributed by atoms with Gasteiger partial charge in [-0.2, -0.15) is 0 Å². The van der Waals surface area contributed by atoms with Crippen molar-refractivity contribution in [2.24, 2.45) is 0 Å². The van der Waals surface area contributed by atoms with Gasteiger partial charge in [0.25, 0.3) is 11.8 Å². The SMILES string of the molecule is Cc1cc(C(=O)N[C@H]2CC[C@H](NC(=O)c3cc(F)cnc3Oc3cccc(-c4ccc(CN5C[C@@H](C)N[C@@H](C)C5)cc4)c3)CC2)no1. The molecule has 1 aliphatic heterocycles. The van der Waals surface area contributed by atoms with E-state index in [2.05, 4.69) is 69.1 Å². The zero-order chi connectivity index (χ0) is 32.9. The highest BCUT2D eigenvalue weighted by atomic mass is 19.1. The van der Waals surface area contributed by atoms with Crippen molar-refractivity contribution in [2.75, 3.05) is 13.1 Å². The maximum atomic E-state index is 14.3. The molecule has 10 nitrogen and oxygen atoms in total. The number of rotatable bonds is 9. The Morgan fingerprint density at radius 3 is 2.28 bits per heavy atom. The fourth-order valence-corrected chi connectivity index (χ4v) is 6.53. The van der Waals surface area contributed by atoms with E-state index >= 15 is 0 Å². The summed E-state index contributed by atoms with van der Waals surface area (Å²) in [7, 11) is 0. The second kappa shape index (κ2) is 14.4. The molecule has 47 heavy (non-hydrogen) atoms. The van der Waals surface area contributed by atoms with Crippen molar-refractivity contribution in [3.8, 4) is 22.8 Å². The molecule has 2 amide bonds. The number of hydrogen-bond acceptors (Lipinski definition) is 8. The smallest absolute Gasteiger partial charge is 0.273 e. The topological polar surface area (TPSA) is 122 Å². The second-order valence-corrected chi connectivity index (χ2v) is 12.8.